The highest BCUT2D eigenvalue weighted by Gasteiger charge is 2.46. The molecule has 0 saturated carbocycles. The first-order chi connectivity index (χ1) is 17.6. The Bertz CT molecular complexity index is 1300. The van der Waals surface area contributed by atoms with Crippen molar-refractivity contribution in [1.29, 1.82) is 0 Å². The summed E-state index contributed by atoms with van der Waals surface area (Å²) < 4.78 is 45.3. The number of aliphatic hydroxyl groups is 1. The largest absolute Gasteiger partial charge is 0.507 e. The number of likely N-dealkylation sites (tertiary alicyclic amines) is 1. The summed E-state index contributed by atoms with van der Waals surface area (Å²) in [5.41, 5.74) is 0.384. The van der Waals surface area contributed by atoms with Crippen molar-refractivity contribution in [3.05, 3.63) is 71.0 Å². The first-order valence-electron chi connectivity index (χ1n) is 12.0. The van der Waals surface area contributed by atoms with Crippen LogP contribution in [0.1, 0.15) is 23.6 Å². The second-order valence-electron chi connectivity index (χ2n) is 9.17. The van der Waals surface area contributed by atoms with Crippen LogP contribution in [0, 0.1) is 5.82 Å². The number of sulfonamides is 1. The van der Waals surface area contributed by atoms with Gasteiger partial charge in [-0.05, 0) is 36.2 Å². The zero-order chi connectivity index (χ0) is 26.7. The van der Waals surface area contributed by atoms with E-state index < -0.39 is 39.3 Å². The second kappa shape index (κ2) is 11.1. The monoisotopic (exact) mass is 531 g/mol. The molecule has 1 unspecified atom stereocenters. The predicted molar refractivity (Wildman–Crippen MR) is 135 cm³/mol. The molecule has 2 heterocycles. The summed E-state index contributed by atoms with van der Waals surface area (Å²) in [6.45, 7) is 3.80. The molecule has 4 rings (SSSR count). The van der Waals surface area contributed by atoms with Gasteiger partial charge in [0.05, 0.1) is 29.7 Å². The van der Waals surface area contributed by atoms with Gasteiger partial charge >= 0.3 is 0 Å². The molecule has 2 aromatic carbocycles. The standard InChI is InChI=1S/C26H30FN3O6S/c1-28(2)37(34,35)21-6-3-5-19(17-21)24(31)22-23(18-7-9-20(27)10-8-18)30(26(33)25(22)32)12-4-11-29-13-15-36-16-14-29/h3,5-10,17,23,31H,4,11-16H2,1-2H3. The van der Waals surface area contributed by atoms with Crippen molar-refractivity contribution in [3.63, 3.8) is 0 Å². The van der Waals surface area contributed by atoms with E-state index in [9.17, 15) is 27.5 Å². The van der Waals surface area contributed by atoms with Crippen molar-refractivity contribution >= 4 is 27.5 Å². The zero-order valence-electron chi connectivity index (χ0n) is 20.8. The summed E-state index contributed by atoms with van der Waals surface area (Å²) in [6.07, 6.45) is 0.585. The van der Waals surface area contributed by atoms with Crippen LogP contribution in [0.4, 0.5) is 4.39 Å². The SMILES string of the molecule is CN(C)S(=O)(=O)c1cccc(C(O)=C2C(=O)C(=O)N(CCCN3CCOCC3)C2c2ccc(F)cc2)c1. The molecule has 11 heteroatoms. The Morgan fingerprint density at radius 2 is 1.76 bits per heavy atom. The van der Waals surface area contributed by atoms with E-state index in [2.05, 4.69) is 4.90 Å². The predicted octanol–water partition coefficient (Wildman–Crippen LogP) is 2.22. The molecule has 0 radical (unpaired) electrons. The number of ether oxygens (including phenoxy) is 1. The third kappa shape index (κ3) is 5.59. The molecule has 9 nitrogen and oxygen atoms in total. The highest BCUT2D eigenvalue weighted by Crippen LogP contribution is 2.39. The van der Waals surface area contributed by atoms with E-state index in [-0.39, 0.29) is 22.6 Å². The van der Waals surface area contributed by atoms with E-state index in [1.54, 1.807) is 0 Å². The molecule has 2 aliphatic heterocycles. The Hall–Kier alpha value is -3.12. The molecular formula is C26H30FN3O6S. The number of benzene rings is 2. The number of carbonyl (C=O) groups excluding carboxylic acids is 2. The third-order valence-corrected chi connectivity index (χ3v) is 8.40. The van der Waals surface area contributed by atoms with Gasteiger partial charge < -0.3 is 14.7 Å². The van der Waals surface area contributed by atoms with Crippen LogP contribution in [0.25, 0.3) is 5.76 Å². The molecule has 2 fully saturated rings. The number of morpholine rings is 1. The fourth-order valence-corrected chi connectivity index (χ4v) is 5.51. The van der Waals surface area contributed by atoms with Crippen molar-refractivity contribution < 1.29 is 32.2 Å². The van der Waals surface area contributed by atoms with Crippen LogP contribution in [0.3, 0.4) is 0 Å². The Morgan fingerprint density at radius 1 is 1.08 bits per heavy atom. The summed E-state index contributed by atoms with van der Waals surface area (Å²) in [6, 6.07) is 10.0. The van der Waals surface area contributed by atoms with Crippen molar-refractivity contribution in [1.82, 2.24) is 14.1 Å². The number of rotatable bonds is 8. The Balaban J connectivity index is 1.72. The van der Waals surface area contributed by atoms with Crippen LogP contribution in [0.15, 0.2) is 59.0 Å². The molecule has 1 amide bonds. The van der Waals surface area contributed by atoms with Crippen molar-refractivity contribution in [2.45, 2.75) is 17.4 Å². The fourth-order valence-electron chi connectivity index (χ4n) is 4.56. The van der Waals surface area contributed by atoms with Gasteiger partial charge in [-0.2, -0.15) is 0 Å². The van der Waals surface area contributed by atoms with Gasteiger partial charge in [0.1, 0.15) is 11.6 Å². The van der Waals surface area contributed by atoms with Gasteiger partial charge in [-0.3, -0.25) is 14.5 Å². The lowest BCUT2D eigenvalue weighted by atomic mass is 9.95. The van der Waals surface area contributed by atoms with Crippen LogP contribution in [0.5, 0.6) is 0 Å². The summed E-state index contributed by atoms with van der Waals surface area (Å²) in [5.74, 6) is -2.61. The zero-order valence-corrected chi connectivity index (χ0v) is 21.6. The van der Waals surface area contributed by atoms with E-state index in [1.165, 1.54) is 67.5 Å². The lowest BCUT2D eigenvalue weighted by molar-refractivity contribution is -0.140. The summed E-state index contributed by atoms with van der Waals surface area (Å²) in [5, 5.41) is 11.2. The smallest absolute Gasteiger partial charge is 0.295 e. The number of carbonyl (C=O) groups is 2. The van der Waals surface area contributed by atoms with E-state index in [4.69, 9.17) is 4.74 Å². The summed E-state index contributed by atoms with van der Waals surface area (Å²) >= 11 is 0. The number of ketones is 1. The van der Waals surface area contributed by atoms with E-state index in [0.29, 0.717) is 31.7 Å². The number of nitrogens with zero attached hydrogens (tertiary/aromatic N) is 3. The lowest BCUT2D eigenvalue weighted by Gasteiger charge is -2.29. The maximum absolute atomic E-state index is 13.7. The molecule has 2 aliphatic rings. The van der Waals surface area contributed by atoms with Crippen molar-refractivity contribution in [3.8, 4) is 0 Å². The molecule has 1 N–H and O–H groups in total. The van der Waals surface area contributed by atoms with Gasteiger partial charge in [-0.1, -0.05) is 24.3 Å². The highest BCUT2D eigenvalue weighted by molar-refractivity contribution is 7.89. The average Bonchev–Trinajstić information content (AvgIpc) is 3.14. The molecule has 0 aromatic heterocycles. The Labute approximate surface area is 215 Å². The number of amides is 1. The molecule has 0 aliphatic carbocycles. The summed E-state index contributed by atoms with van der Waals surface area (Å²) in [4.78, 5) is 29.9. The minimum absolute atomic E-state index is 0.0698. The number of hydrogen-bond donors (Lipinski definition) is 1. The number of aliphatic hydroxyl groups excluding tert-OH is 1. The molecule has 0 spiro atoms. The van der Waals surface area contributed by atoms with Crippen LogP contribution in [-0.2, 0) is 24.3 Å². The summed E-state index contributed by atoms with van der Waals surface area (Å²) in [7, 11) is -1.03. The van der Waals surface area contributed by atoms with Gasteiger partial charge in [0.2, 0.25) is 10.0 Å². The minimum atomic E-state index is -3.80. The number of Topliss-reactive ketones (excluding diaryl/α,β-unsaturated/α-hetero) is 1. The molecule has 0 bridgehead atoms. The molecule has 2 saturated heterocycles. The average molecular weight is 532 g/mol. The van der Waals surface area contributed by atoms with E-state index in [0.717, 1.165) is 17.4 Å². The van der Waals surface area contributed by atoms with Crippen molar-refractivity contribution in [2.75, 3.05) is 53.5 Å². The van der Waals surface area contributed by atoms with Crippen LogP contribution in [-0.4, -0.2) is 92.8 Å². The lowest BCUT2D eigenvalue weighted by Crippen LogP contribution is -2.38. The van der Waals surface area contributed by atoms with Crippen LogP contribution >= 0.6 is 0 Å². The second-order valence-corrected chi connectivity index (χ2v) is 11.3. The van der Waals surface area contributed by atoms with Gasteiger partial charge in [-0.25, -0.2) is 17.1 Å². The highest BCUT2D eigenvalue weighted by atomic mass is 32.2. The number of halogens is 1. The maximum Gasteiger partial charge on any atom is 0.295 e. The molecule has 37 heavy (non-hydrogen) atoms. The maximum atomic E-state index is 13.7. The molecule has 1 atom stereocenters. The van der Waals surface area contributed by atoms with E-state index in [1.807, 2.05) is 0 Å². The normalized spacial score (nSPS) is 20.6. The fraction of sp³-hybridized carbons (Fsp3) is 0.385. The molecule has 2 aromatic rings. The Morgan fingerprint density at radius 3 is 2.41 bits per heavy atom. The Kier molecular flexibility index (Phi) is 8.08. The van der Waals surface area contributed by atoms with Crippen LogP contribution in [0.2, 0.25) is 0 Å². The van der Waals surface area contributed by atoms with E-state index >= 15 is 0 Å². The quantitative estimate of drug-likeness (QED) is 0.316. The van der Waals surface area contributed by atoms with Gasteiger partial charge in [0, 0.05) is 45.8 Å². The minimum Gasteiger partial charge on any atom is -0.507 e. The first-order valence-corrected chi connectivity index (χ1v) is 13.4. The number of hydrogen-bond acceptors (Lipinski definition) is 7. The third-order valence-electron chi connectivity index (χ3n) is 6.59. The first kappa shape index (κ1) is 26.9. The molecular weight excluding hydrogens is 501 g/mol. The van der Waals surface area contributed by atoms with Gasteiger partial charge in [0.25, 0.3) is 11.7 Å². The van der Waals surface area contributed by atoms with Crippen molar-refractivity contribution in [2.24, 2.45) is 0 Å². The molecule has 198 valence electrons. The van der Waals surface area contributed by atoms with Gasteiger partial charge in [-0.15, -0.1) is 0 Å². The topological polar surface area (TPSA) is 107 Å². The van der Waals surface area contributed by atoms with Gasteiger partial charge in [0.15, 0.2) is 0 Å². The van der Waals surface area contributed by atoms with Crippen LogP contribution < -0.4 is 0 Å².